The summed E-state index contributed by atoms with van der Waals surface area (Å²) in [6, 6.07) is 21.6. The molecular weight excluding hydrogens is 300 g/mol. The molecule has 0 radical (unpaired) electrons. The number of ether oxygens (including phenoxy) is 1. The van der Waals surface area contributed by atoms with Crippen molar-refractivity contribution in [2.24, 2.45) is 0 Å². The smallest absolute Gasteiger partial charge is 0.438 e. The maximum absolute atomic E-state index is 12.1. The molecule has 0 N–H and O–H groups in total. The van der Waals surface area contributed by atoms with E-state index in [1.54, 1.807) is 13.0 Å². The van der Waals surface area contributed by atoms with Crippen molar-refractivity contribution in [1.29, 1.82) is 0 Å². The zero-order valence-electron chi connectivity index (χ0n) is 13.8. The van der Waals surface area contributed by atoms with Gasteiger partial charge in [-0.2, -0.15) is 4.42 Å². The number of benzene rings is 2. The van der Waals surface area contributed by atoms with Gasteiger partial charge in [0.25, 0.3) is 0 Å². The highest BCUT2D eigenvalue weighted by atomic mass is 16.5. The van der Waals surface area contributed by atoms with E-state index in [0.29, 0.717) is 12.4 Å². The molecule has 0 unspecified atom stereocenters. The van der Waals surface area contributed by atoms with Crippen molar-refractivity contribution >= 4 is 5.97 Å². The molecule has 0 atom stereocenters. The Morgan fingerprint density at radius 1 is 0.917 bits per heavy atom. The summed E-state index contributed by atoms with van der Waals surface area (Å²) in [4.78, 5) is 12.1. The molecule has 0 saturated carbocycles. The highest BCUT2D eigenvalue weighted by molar-refractivity contribution is 5.88. The number of hydrogen-bond donors (Lipinski definition) is 0. The van der Waals surface area contributed by atoms with Crippen LogP contribution in [0.5, 0.6) is 0 Å². The largest absolute Gasteiger partial charge is 0.456 e. The van der Waals surface area contributed by atoms with Crippen LogP contribution >= 0.6 is 0 Å². The highest BCUT2D eigenvalue weighted by Crippen LogP contribution is 2.29. The van der Waals surface area contributed by atoms with Gasteiger partial charge >= 0.3 is 17.5 Å². The maximum Gasteiger partial charge on any atom is 0.438 e. The van der Waals surface area contributed by atoms with E-state index < -0.39 is 5.97 Å². The van der Waals surface area contributed by atoms with E-state index in [1.165, 1.54) is 5.56 Å². The van der Waals surface area contributed by atoms with Crippen LogP contribution in [-0.4, -0.2) is 12.6 Å². The lowest BCUT2D eigenvalue weighted by molar-refractivity contribution is 0.0488. The number of carbonyl (C=O) groups excluding carboxylic acids is 1. The van der Waals surface area contributed by atoms with Gasteiger partial charge in [0, 0.05) is 5.56 Å². The van der Waals surface area contributed by atoms with Gasteiger partial charge in [-0.3, -0.25) is 0 Å². The second kappa shape index (κ2) is 7.09. The lowest BCUT2D eigenvalue weighted by Gasteiger charge is -2.02. The lowest BCUT2D eigenvalue weighted by atomic mass is 10.0. The van der Waals surface area contributed by atoms with Gasteiger partial charge in [0.15, 0.2) is 0 Å². The van der Waals surface area contributed by atoms with Crippen molar-refractivity contribution in [2.45, 2.75) is 13.8 Å². The van der Waals surface area contributed by atoms with Crippen molar-refractivity contribution in [1.82, 2.24) is 0 Å². The Morgan fingerprint density at radius 2 is 1.62 bits per heavy atom. The Hall–Kier alpha value is -2.94. The number of rotatable bonds is 4. The predicted octanol–water partition coefficient (Wildman–Crippen LogP) is 5.38. The molecule has 0 aliphatic heterocycles. The van der Waals surface area contributed by atoms with Crippen LogP contribution in [0.15, 0.2) is 71.1 Å². The third-order valence-corrected chi connectivity index (χ3v) is 3.71. The van der Waals surface area contributed by atoms with Gasteiger partial charge in [-0.15, -0.1) is 0 Å². The molecule has 1 aromatic heterocycles. The lowest BCUT2D eigenvalue weighted by Crippen LogP contribution is -2.05. The molecule has 0 aliphatic rings. The van der Waals surface area contributed by atoms with Gasteiger partial charge < -0.3 is 4.74 Å². The van der Waals surface area contributed by atoms with Crippen molar-refractivity contribution in [3.05, 3.63) is 78.1 Å². The molecule has 0 aliphatic carbocycles. The normalized spacial score (nSPS) is 10.4. The van der Waals surface area contributed by atoms with E-state index in [2.05, 4.69) is 0 Å². The fourth-order valence-corrected chi connectivity index (χ4v) is 2.46. The predicted molar refractivity (Wildman–Crippen MR) is 94.7 cm³/mol. The van der Waals surface area contributed by atoms with Crippen LogP contribution in [0.2, 0.25) is 0 Å². The first-order chi connectivity index (χ1) is 11.7. The van der Waals surface area contributed by atoms with E-state index in [-0.39, 0.29) is 5.76 Å². The summed E-state index contributed by atoms with van der Waals surface area (Å²) >= 11 is 0. The first-order valence-electron chi connectivity index (χ1n) is 7.95. The monoisotopic (exact) mass is 319 g/mol. The maximum atomic E-state index is 12.1. The molecule has 3 aromatic rings. The molecule has 3 rings (SSSR count). The molecule has 3 nitrogen and oxygen atoms in total. The zero-order valence-corrected chi connectivity index (χ0v) is 13.8. The number of hydrogen-bond acceptors (Lipinski definition) is 2. The van der Waals surface area contributed by atoms with Crippen LogP contribution in [0.25, 0.3) is 22.5 Å². The quantitative estimate of drug-likeness (QED) is 0.478. The third-order valence-electron chi connectivity index (χ3n) is 3.71. The molecule has 0 spiro atoms. The summed E-state index contributed by atoms with van der Waals surface area (Å²) in [6.07, 6.45) is 0. The van der Waals surface area contributed by atoms with Crippen molar-refractivity contribution in [2.75, 3.05) is 6.61 Å². The van der Waals surface area contributed by atoms with Gasteiger partial charge in [-0.05, 0) is 31.5 Å². The van der Waals surface area contributed by atoms with Gasteiger partial charge in [0.1, 0.15) is 0 Å². The summed E-state index contributed by atoms with van der Waals surface area (Å²) in [5.41, 5.74) is 4.05. The average Bonchev–Trinajstić information content (AvgIpc) is 2.63. The van der Waals surface area contributed by atoms with Gasteiger partial charge in [-0.1, -0.05) is 48.0 Å². The summed E-state index contributed by atoms with van der Waals surface area (Å²) in [6.45, 7) is 4.13. The van der Waals surface area contributed by atoms with Crippen molar-refractivity contribution < 1.29 is 13.9 Å². The van der Waals surface area contributed by atoms with Gasteiger partial charge in [0.05, 0.1) is 24.3 Å². The Labute approximate surface area is 141 Å². The van der Waals surface area contributed by atoms with Crippen LogP contribution in [0.3, 0.4) is 0 Å². The fraction of sp³-hybridized carbons (Fsp3) is 0.143. The first kappa shape index (κ1) is 15.9. The molecule has 0 saturated heterocycles. The fourth-order valence-electron chi connectivity index (χ4n) is 2.46. The second-order valence-electron chi connectivity index (χ2n) is 5.53. The second-order valence-corrected chi connectivity index (χ2v) is 5.53. The summed E-state index contributed by atoms with van der Waals surface area (Å²) in [7, 11) is 0. The van der Waals surface area contributed by atoms with Crippen LogP contribution in [0, 0.1) is 6.92 Å². The van der Waals surface area contributed by atoms with E-state index in [0.717, 1.165) is 16.7 Å². The average molecular weight is 319 g/mol. The standard InChI is InChI=1S/C21H19O3/c1-3-23-21(22)20-14-18(16-11-9-15(2)10-12-16)13-19(24-20)17-7-5-4-6-8-17/h4-14H,3H2,1-2H3/q+1. The zero-order chi connectivity index (χ0) is 16.9. The summed E-state index contributed by atoms with van der Waals surface area (Å²) < 4.78 is 10.9. The molecule has 1 heterocycles. The molecular formula is C21H19O3+. The van der Waals surface area contributed by atoms with E-state index in [4.69, 9.17) is 9.15 Å². The Bertz CT molecular complexity index is 837. The van der Waals surface area contributed by atoms with Gasteiger partial charge in [0.2, 0.25) is 0 Å². The van der Waals surface area contributed by atoms with Crippen molar-refractivity contribution in [3.8, 4) is 22.5 Å². The molecule has 24 heavy (non-hydrogen) atoms. The topological polar surface area (TPSA) is 37.6 Å². The Kier molecular flexibility index (Phi) is 4.71. The molecule has 120 valence electrons. The molecule has 0 bridgehead atoms. The van der Waals surface area contributed by atoms with E-state index in [1.807, 2.05) is 67.6 Å². The Morgan fingerprint density at radius 3 is 2.29 bits per heavy atom. The van der Waals surface area contributed by atoms with Crippen LogP contribution in [-0.2, 0) is 4.74 Å². The molecule has 0 amide bonds. The summed E-state index contributed by atoms with van der Waals surface area (Å²) in [5.74, 6) is 0.383. The third kappa shape index (κ3) is 3.51. The molecule has 3 heteroatoms. The summed E-state index contributed by atoms with van der Waals surface area (Å²) in [5, 5.41) is 0. The minimum absolute atomic E-state index is 0.203. The minimum Gasteiger partial charge on any atom is -0.456 e. The SMILES string of the molecule is CCOC(=O)c1cc(-c2ccc(C)cc2)cc(-c2ccccc2)[o+]1. The highest BCUT2D eigenvalue weighted by Gasteiger charge is 2.26. The number of aryl methyl sites for hydroxylation is 1. The Balaban J connectivity index is 2.12. The molecule has 2 aromatic carbocycles. The van der Waals surface area contributed by atoms with Crippen LogP contribution in [0.4, 0.5) is 0 Å². The van der Waals surface area contributed by atoms with Crippen LogP contribution < -0.4 is 0 Å². The number of carbonyl (C=O) groups is 1. The molecule has 0 fully saturated rings. The van der Waals surface area contributed by atoms with Crippen LogP contribution in [0.1, 0.15) is 23.0 Å². The van der Waals surface area contributed by atoms with Gasteiger partial charge in [-0.25, -0.2) is 4.79 Å². The number of esters is 1. The van der Waals surface area contributed by atoms with Crippen molar-refractivity contribution in [3.63, 3.8) is 0 Å². The van der Waals surface area contributed by atoms with E-state index in [9.17, 15) is 4.79 Å². The minimum atomic E-state index is -0.455. The first-order valence-corrected chi connectivity index (χ1v) is 7.95. The van der Waals surface area contributed by atoms with E-state index >= 15 is 0 Å².